The van der Waals surface area contributed by atoms with E-state index >= 15 is 0 Å². The number of likely N-dealkylation sites (tertiary alicyclic amines) is 1. The molecule has 2 atom stereocenters. The van der Waals surface area contributed by atoms with E-state index in [2.05, 4.69) is 4.98 Å². The van der Waals surface area contributed by atoms with Crippen LogP contribution in [-0.2, 0) is 25.7 Å². The summed E-state index contributed by atoms with van der Waals surface area (Å²) in [5.74, 6) is -1.51. The van der Waals surface area contributed by atoms with Crippen molar-refractivity contribution in [2.24, 2.45) is 11.8 Å². The zero-order valence-corrected chi connectivity index (χ0v) is 15.6. The summed E-state index contributed by atoms with van der Waals surface area (Å²) in [6.07, 6.45) is 3.40. The molecule has 2 aliphatic rings. The van der Waals surface area contributed by atoms with Crippen LogP contribution in [0, 0.1) is 11.8 Å². The molecule has 2 fully saturated rings. The Morgan fingerprint density at radius 2 is 1.78 bits per heavy atom. The molecule has 1 saturated carbocycles. The number of hydrogen-bond acceptors (Lipinski definition) is 6. The van der Waals surface area contributed by atoms with E-state index in [0.29, 0.717) is 5.69 Å². The number of nitrogens with zero attached hydrogens (tertiary/aromatic N) is 2. The Hall–Kier alpha value is -2.54. The molecule has 0 spiro atoms. The van der Waals surface area contributed by atoms with Gasteiger partial charge in [-0.1, -0.05) is 43.2 Å². The van der Waals surface area contributed by atoms with E-state index in [9.17, 15) is 14.4 Å². The average Bonchev–Trinajstić information content (AvgIpc) is 3.27. The molecule has 4 rings (SSSR count). The molecule has 0 bridgehead atoms. The molecular weight excluding hydrogens is 364 g/mol. The van der Waals surface area contributed by atoms with Crippen LogP contribution < -0.4 is 0 Å². The maximum absolute atomic E-state index is 12.4. The second-order valence-electron chi connectivity index (χ2n) is 6.93. The highest BCUT2D eigenvalue weighted by Crippen LogP contribution is 2.37. The van der Waals surface area contributed by atoms with E-state index in [1.807, 2.05) is 35.7 Å². The third-order valence-corrected chi connectivity index (χ3v) is 6.11. The minimum atomic E-state index is -0.579. The van der Waals surface area contributed by atoms with Crippen molar-refractivity contribution in [3.8, 4) is 10.6 Å². The van der Waals surface area contributed by atoms with Gasteiger partial charge in [-0.2, -0.15) is 0 Å². The lowest BCUT2D eigenvalue weighted by Crippen LogP contribution is -2.36. The normalized spacial score (nSPS) is 22.0. The first-order valence-electron chi connectivity index (χ1n) is 9.14. The Labute approximate surface area is 161 Å². The molecule has 7 heteroatoms. The summed E-state index contributed by atoms with van der Waals surface area (Å²) in [6.45, 7) is -0.272. The minimum absolute atomic E-state index is 0.0330. The van der Waals surface area contributed by atoms with Crippen LogP contribution in [0.4, 0.5) is 0 Å². The van der Waals surface area contributed by atoms with Gasteiger partial charge in [0.25, 0.3) is 0 Å². The third-order valence-electron chi connectivity index (χ3n) is 5.17. The quantitative estimate of drug-likeness (QED) is 0.585. The number of carbonyl (C=O) groups is 3. The monoisotopic (exact) mass is 384 g/mol. The molecule has 2 heterocycles. The van der Waals surface area contributed by atoms with Crippen molar-refractivity contribution in [2.75, 3.05) is 6.54 Å². The highest BCUT2D eigenvalue weighted by Gasteiger charge is 2.48. The summed E-state index contributed by atoms with van der Waals surface area (Å²) in [7, 11) is 0. The standard InChI is InChI=1S/C20H20N2O4S/c23-17(10-22-19(24)15-8-4-5-9-16(15)20(22)25)26-11-14-12-27-18(21-14)13-6-2-1-3-7-13/h1-3,6-7,12,15-16H,4-5,8-11H2/t15-,16-/m0/s1. The van der Waals surface area contributed by atoms with Crippen LogP contribution in [0.5, 0.6) is 0 Å². The molecule has 140 valence electrons. The molecule has 2 amide bonds. The molecule has 27 heavy (non-hydrogen) atoms. The van der Waals surface area contributed by atoms with Crippen LogP contribution in [0.1, 0.15) is 31.4 Å². The van der Waals surface area contributed by atoms with Crippen LogP contribution in [0.3, 0.4) is 0 Å². The van der Waals surface area contributed by atoms with Gasteiger partial charge in [0.1, 0.15) is 18.2 Å². The SMILES string of the molecule is O=C(CN1C(=O)[C@H]2CCCC[C@@H]2C1=O)OCc1csc(-c2ccccc2)n1. The first-order valence-corrected chi connectivity index (χ1v) is 10.0. The molecule has 0 unspecified atom stereocenters. The number of hydrogen-bond donors (Lipinski definition) is 0. The van der Waals surface area contributed by atoms with Gasteiger partial charge < -0.3 is 4.74 Å². The third kappa shape index (κ3) is 3.64. The summed E-state index contributed by atoms with van der Waals surface area (Å²) in [5, 5.41) is 2.70. The topological polar surface area (TPSA) is 76.6 Å². The number of benzene rings is 1. The van der Waals surface area contributed by atoms with Gasteiger partial charge >= 0.3 is 5.97 Å². The fraction of sp³-hybridized carbons (Fsp3) is 0.400. The Morgan fingerprint density at radius 1 is 1.11 bits per heavy atom. The highest BCUT2D eigenvalue weighted by atomic mass is 32.1. The molecule has 1 aliphatic carbocycles. The molecular formula is C20H20N2O4S. The Morgan fingerprint density at radius 3 is 2.44 bits per heavy atom. The van der Waals surface area contributed by atoms with E-state index in [4.69, 9.17) is 4.74 Å². The van der Waals surface area contributed by atoms with Crippen molar-refractivity contribution in [3.63, 3.8) is 0 Å². The van der Waals surface area contributed by atoms with Gasteiger partial charge in [0.05, 0.1) is 17.5 Å². The average molecular weight is 384 g/mol. The largest absolute Gasteiger partial charge is 0.458 e. The van der Waals surface area contributed by atoms with Crippen LogP contribution >= 0.6 is 11.3 Å². The number of esters is 1. The summed E-state index contributed by atoms with van der Waals surface area (Å²) in [5.41, 5.74) is 1.66. The van der Waals surface area contributed by atoms with Crippen LogP contribution in [0.25, 0.3) is 10.6 Å². The first kappa shape index (κ1) is 17.9. The van der Waals surface area contributed by atoms with E-state index in [1.54, 1.807) is 0 Å². The maximum atomic E-state index is 12.4. The van der Waals surface area contributed by atoms with Crippen LogP contribution in [-0.4, -0.2) is 34.2 Å². The van der Waals surface area contributed by atoms with Crippen molar-refractivity contribution < 1.29 is 19.1 Å². The van der Waals surface area contributed by atoms with Gasteiger partial charge in [0.15, 0.2) is 0 Å². The van der Waals surface area contributed by atoms with Gasteiger partial charge in [0, 0.05) is 10.9 Å². The Kier molecular flexibility index (Phi) is 5.03. The predicted octanol–water partition coefficient (Wildman–Crippen LogP) is 3.03. The van der Waals surface area contributed by atoms with E-state index in [1.165, 1.54) is 11.3 Å². The Balaban J connectivity index is 1.33. The second kappa shape index (κ2) is 7.60. The molecule has 2 aromatic rings. The summed E-state index contributed by atoms with van der Waals surface area (Å²) < 4.78 is 5.25. The van der Waals surface area contributed by atoms with Crippen molar-refractivity contribution >= 4 is 29.1 Å². The van der Waals surface area contributed by atoms with Crippen molar-refractivity contribution in [3.05, 3.63) is 41.4 Å². The van der Waals surface area contributed by atoms with Gasteiger partial charge in [-0.15, -0.1) is 11.3 Å². The maximum Gasteiger partial charge on any atom is 0.326 e. The number of ether oxygens (including phenoxy) is 1. The first-order chi connectivity index (χ1) is 13.1. The number of carbonyl (C=O) groups excluding carboxylic acids is 3. The zero-order valence-electron chi connectivity index (χ0n) is 14.8. The molecule has 1 aromatic carbocycles. The number of amides is 2. The summed E-state index contributed by atoms with van der Waals surface area (Å²) in [6, 6.07) is 9.77. The van der Waals surface area contributed by atoms with E-state index < -0.39 is 5.97 Å². The number of imide groups is 1. The van der Waals surface area contributed by atoms with Gasteiger partial charge in [-0.25, -0.2) is 4.98 Å². The van der Waals surface area contributed by atoms with Crippen LogP contribution in [0.15, 0.2) is 35.7 Å². The summed E-state index contributed by atoms with van der Waals surface area (Å²) in [4.78, 5) is 42.5. The van der Waals surface area contributed by atoms with E-state index in [0.717, 1.165) is 41.2 Å². The number of rotatable bonds is 5. The lowest BCUT2D eigenvalue weighted by molar-refractivity contribution is -0.153. The van der Waals surface area contributed by atoms with Gasteiger partial charge in [-0.05, 0) is 12.8 Å². The molecule has 1 aliphatic heterocycles. The Bertz CT molecular complexity index is 840. The van der Waals surface area contributed by atoms with Crippen molar-refractivity contribution in [1.29, 1.82) is 0 Å². The highest BCUT2D eigenvalue weighted by molar-refractivity contribution is 7.13. The van der Waals surface area contributed by atoms with E-state index in [-0.39, 0.29) is 36.8 Å². The van der Waals surface area contributed by atoms with Crippen molar-refractivity contribution in [2.45, 2.75) is 32.3 Å². The number of thiazole rings is 1. The second-order valence-corrected chi connectivity index (χ2v) is 7.79. The van der Waals surface area contributed by atoms with Gasteiger partial charge in [0.2, 0.25) is 11.8 Å². The molecule has 1 aromatic heterocycles. The molecule has 0 radical (unpaired) electrons. The number of aromatic nitrogens is 1. The lowest BCUT2D eigenvalue weighted by Gasteiger charge is -2.19. The van der Waals surface area contributed by atoms with Gasteiger partial charge in [-0.3, -0.25) is 19.3 Å². The fourth-order valence-corrected chi connectivity index (χ4v) is 4.61. The lowest BCUT2D eigenvalue weighted by atomic mass is 9.81. The number of fused-ring (bicyclic) bond motifs is 1. The van der Waals surface area contributed by atoms with Crippen LogP contribution in [0.2, 0.25) is 0 Å². The smallest absolute Gasteiger partial charge is 0.326 e. The zero-order chi connectivity index (χ0) is 18.8. The fourth-order valence-electron chi connectivity index (χ4n) is 3.80. The van der Waals surface area contributed by atoms with Crippen molar-refractivity contribution in [1.82, 2.24) is 9.88 Å². The molecule has 0 N–H and O–H groups in total. The molecule has 1 saturated heterocycles. The molecule has 6 nitrogen and oxygen atoms in total. The predicted molar refractivity (Wildman–Crippen MR) is 99.5 cm³/mol. The summed E-state index contributed by atoms with van der Waals surface area (Å²) >= 11 is 1.48. The minimum Gasteiger partial charge on any atom is -0.458 e.